The quantitative estimate of drug-likeness (QED) is 0.313. The van der Waals surface area contributed by atoms with Gasteiger partial charge in [0.2, 0.25) is 0 Å². The van der Waals surface area contributed by atoms with Gasteiger partial charge in [-0.2, -0.15) is 0 Å². The summed E-state index contributed by atoms with van der Waals surface area (Å²) in [5, 5.41) is 2.17. The maximum absolute atomic E-state index is 13.1. The van der Waals surface area contributed by atoms with Crippen LogP contribution in [-0.4, -0.2) is 85.8 Å². The minimum Gasteiger partial charge on any atom is -0.493 e. The van der Waals surface area contributed by atoms with E-state index in [1.54, 1.807) is 0 Å². The molecule has 3 aliphatic rings. The van der Waals surface area contributed by atoms with Crippen molar-refractivity contribution in [2.75, 3.05) is 52.9 Å². The van der Waals surface area contributed by atoms with E-state index in [-0.39, 0.29) is 11.9 Å². The number of likely N-dealkylation sites (N-methyl/N-ethyl adjacent to an activating group) is 1. The molecule has 0 saturated carbocycles. The molecule has 38 heavy (non-hydrogen) atoms. The van der Waals surface area contributed by atoms with Gasteiger partial charge >= 0.3 is 0 Å². The van der Waals surface area contributed by atoms with E-state index in [1.165, 1.54) is 77.7 Å². The zero-order valence-corrected chi connectivity index (χ0v) is 23.6. The molecule has 2 aromatic rings. The highest BCUT2D eigenvalue weighted by Gasteiger charge is 2.31. The first-order valence-electron chi connectivity index (χ1n) is 15.1. The van der Waals surface area contributed by atoms with Crippen molar-refractivity contribution in [2.24, 2.45) is 4.99 Å². The molecule has 6 heteroatoms. The molecule has 5 rings (SSSR count). The van der Waals surface area contributed by atoms with Gasteiger partial charge < -0.3 is 19.4 Å². The van der Waals surface area contributed by atoms with E-state index in [0.29, 0.717) is 0 Å². The highest BCUT2D eigenvalue weighted by molar-refractivity contribution is 6.06. The lowest BCUT2D eigenvalue weighted by Gasteiger charge is -2.32. The van der Waals surface area contributed by atoms with Gasteiger partial charge in [-0.15, -0.1) is 0 Å². The summed E-state index contributed by atoms with van der Waals surface area (Å²) in [6.45, 7) is 9.91. The van der Waals surface area contributed by atoms with Gasteiger partial charge in [-0.3, -0.25) is 9.79 Å². The van der Waals surface area contributed by atoms with Crippen molar-refractivity contribution < 1.29 is 9.53 Å². The third-order valence-electron chi connectivity index (χ3n) is 8.65. The zero-order valence-electron chi connectivity index (χ0n) is 23.6. The summed E-state index contributed by atoms with van der Waals surface area (Å²) in [6.07, 6.45) is 14.5. The number of hydrogen-bond donors (Lipinski definition) is 0. The van der Waals surface area contributed by atoms with Crippen molar-refractivity contribution in [1.82, 2.24) is 14.7 Å². The van der Waals surface area contributed by atoms with Gasteiger partial charge in [0, 0.05) is 38.9 Å². The molecule has 1 atom stereocenters. The average molecular weight is 519 g/mol. The van der Waals surface area contributed by atoms with Gasteiger partial charge in [-0.25, -0.2) is 0 Å². The number of hydrogen-bond acceptors (Lipinski definition) is 5. The van der Waals surface area contributed by atoms with Gasteiger partial charge in [0.15, 0.2) is 0 Å². The van der Waals surface area contributed by atoms with Gasteiger partial charge in [-0.1, -0.05) is 38.5 Å². The molecule has 2 saturated heterocycles. The SMILES string of the molecule is Cc1cc2cc3c(cc2cc1OCCCCCCCCCCN1CCN(C)CC1)N=C[C@@H]1CCCN1C3=O. The predicted octanol–water partition coefficient (Wildman–Crippen LogP) is 6.22. The van der Waals surface area contributed by atoms with E-state index in [1.807, 2.05) is 17.2 Å². The lowest BCUT2D eigenvalue weighted by Crippen LogP contribution is -2.44. The van der Waals surface area contributed by atoms with E-state index >= 15 is 0 Å². The maximum atomic E-state index is 13.1. The number of rotatable bonds is 12. The van der Waals surface area contributed by atoms with E-state index < -0.39 is 0 Å². The topological polar surface area (TPSA) is 48.4 Å². The molecule has 206 valence electrons. The number of benzene rings is 2. The number of carbonyl (C=O) groups is 1. The van der Waals surface area contributed by atoms with Crippen molar-refractivity contribution in [2.45, 2.75) is 77.2 Å². The Morgan fingerprint density at radius 2 is 1.58 bits per heavy atom. The van der Waals surface area contributed by atoms with Crippen LogP contribution in [0.2, 0.25) is 0 Å². The fourth-order valence-corrected chi connectivity index (χ4v) is 6.14. The van der Waals surface area contributed by atoms with Gasteiger partial charge in [0.25, 0.3) is 5.91 Å². The molecule has 0 unspecified atom stereocenters. The molecule has 3 heterocycles. The number of aryl methyl sites for hydroxylation is 1. The lowest BCUT2D eigenvalue weighted by atomic mass is 10.0. The highest BCUT2D eigenvalue weighted by Crippen LogP contribution is 2.34. The largest absolute Gasteiger partial charge is 0.493 e. The molecule has 0 aromatic heterocycles. The molecule has 0 spiro atoms. The summed E-state index contributed by atoms with van der Waals surface area (Å²) in [6, 6.07) is 8.50. The first kappa shape index (κ1) is 27.1. The van der Waals surface area contributed by atoms with E-state index in [9.17, 15) is 4.79 Å². The van der Waals surface area contributed by atoms with E-state index in [0.717, 1.165) is 65.8 Å². The Labute approximate surface area is 229 Å². The number of aliphatic imine (C=N–C) groups is 1. The summed E-state index contributed by atoms with van der Waals surface area (Å²) in [4.78, 5) is 24.8. The monoisotopic (exact) mass is 518 g/mol. The zero-order chi connectivity index (χ0) is 26.3. The second kappa shape index (κ2) is 13.1. The number of piperazine rings is 1. The Balaban J connectivity index is 1.01. The molecule has 2 aromatic carbocycles. The summed E-state index contributed by atoms with van der Waals surface area (Å²) in [5.41, 5.74) is 2.63. The number of amides is 1. The number of ether oxygens (including phenoxy) is 1. The summed E-state index contributed by atoms with van der Waals surface area (Å²) < 4.78 is 6.20. The van der Waals surface area contributed by atoms with Crippen molar-refractivity contribution in [1.29, 1.82) is 0 Å². The van der Waals surface area contributed by atoms with Crippen LogP contribution in [0.1, 0.15) is 80.1 Å². The van der Waals surface area contributed by atoms with Crippen LogP contribution in [0.25, 0.3) is 10.8 Å². The van der Waals surface area contributed by atoms with Gasteiger partial charge in [-0.05, 0) is 86.8 Å². The standard InChI is InChI=1S/C32H46N4O2/c1-25-20-26-21-29-30(33-24-28-12-11-14-36(28)32(29)37)22-27(26)23-31(25)38-19-10-8-6-4-3-5-7-9-13-35-17-15-34(2)16-18-35/h20-24,28H,3-19H2,1-2H3/t28-/m0/s1. The van der Waals surface area contributed by atoms with Crippen LogP contribution < -0.4 is 4.74 Å². The van der Waals surface area contributed by atoms with Gasteiger partial charge in [0.1, 0.15) is 5.75 Å². The van der Waals surface area contributed by atoms with Crippen LogP contribution in [0.3, 0.4) is 0 Å². The molecule has 0 bridgehead atoms. The van der Waals surface area contributed by atoms with Crippen LogP contribution in [0.4, 0.5) is 5.69 Å². The molecule has 0 radical (unpaired) electrons. The molecule has 0 aliphatic carbocycles. The first-order chi connectivity index (χ1) is 18.6. The number of fused-ring (bicyclic) bond motifs is 3. The Kier molecular flexibility index (Phi) is 9.34. The van der Waals surface area contributed by atoms with Crippen LogP contribution in [-0.2, 0) is 0 Å². The fraction of sp³-hybridized carbons (Fsp3) is 0.625. The van der Waals surface area contributed by atoms with Crippen molar-refractivity contribution in [3.05, 3.63) is 35.4 Å². The second-order valence-electron chi connectivity index (χ2n) is 11.6. The lowest BCUT2D eigenvalue weighted by molar-refractivity contribution is 0.0775. The Morgan fingerprint density at radius 1 is 0.868 bits per heavy atom. The molecular weight excluding hydrogens is 472 g/mol. The summed E-state index contributed by atoms with van der Waals surface area (Å²) in [5.74, 6) is 1.06. The van der Waals surface area contributed by atoms with Gasteiger partial charge in [0.05, 0.1) is 23.9 Å². The third kappa shape index (κ3) is 6.76. The van der Waals surface area contributed by atoms with Crippen molar-refractivity contribution >= 4 is 28.6 Å². The Morgan fingerprint density at radius 3 is 2.37 bits per heavy atom. The Bertz CT molecular complexity index is 1120. The normalized spacial score (nSPS) is 20.1. The molecule has 6 nitrogen and oxygen atoms in total. The number of nitrogens with zero attached hydrogens (tertiary/aromatic N) is 4. The molecular formula is C32H46N4O2. The minimum atomic E-state index is 0.116. The maximum Gasteiger partial charge on any atom is 0.256 e. The molecule has 1 amide bonds. The van der Waals surface area contributed by atoms with E-state index in [2.05, 4.69) is 42.0 Å². The van der Waals surface area contributed by atoms with Crippen LogP contribution in [0.5, 0.6) is 5.75 Å². The predicted molar refractivity (Wildman–Crippen MR) is 157 cm³/mol. The van der Waals surface area contributed by atoms with E-state index in [4.69, 9.17) is 9.73 Å². The fourth-order valence-electron chi connectivity index (χ4n) is 6.14. The van der Waals surface area contributed by atoms with Crippen molar-refractivity contribution in [3.8, 4) is 5.75 Å². The summed E-state index contributed by atoms with van der Waals surface area (Å²) >= 11 is 0. The Hall–Kier alpha value is -2.44. The first-order valence-corrected chi connectivity index (χ1v) is 15.1. The number of unbranched alkanes of at least 4 members (excludes halogenated alkanes) is 7. The summed E-state index contributed by atoms with van der Waals surface area (Å²) in [7, 11) is 2.22. The molecule has 3 aliphatic heterocycles. The number of carbonyl (C=O) groups excluding carboxylic acids is 1. The van der Waals surface area contributed by atoms with Crippen molar-refractivity contribution in [3.63, 3.8) is 0 Å². The minimum absolute atomic E-state index is 0.116. The smallest absolute Gasteiger partial charge is 0.256 e. The second-order valence-corrected chi connectivity index (χ2v) is 11.6. The molecule has 2 fully saturated rings. The highest BCUT2D eigenvalue weighted by atomic mass is 16.5. The average Bonchev–Trinajstić information content (AvgIpc) is 3.35. The van der Waals surface area contributed by atoms with Crippen LogP contribution in [0.15, 0.2) is 29.3 Å². The van der Waals surface area contributed by atoms with Crippen LogP contribution >= 0.6 is 0 Å². The molecule has 0 N–H and O–H groups in total. The third-order valence-corrected chi connectivity index (χ3v) is 8.65. The van der Waals surface area contributed by atoms with Crippen LogP contribution in [0, 0.1) is 6.92 Å².